The van der Waals surface area contributed by atoms with E-state index in [1.807, 2.05) is 12.2 Å². The number of allylic oxidation sites excluding steroid dienone is 6. The van der Waals surface area contributed by atoms with Crippen LogP contribution in [0.1, 0.15) is 63.8 Å². The van der Waals surface area contributed by atoms with Gasteiger partial charge in [0, 0.05) is 22.3 Å². The van der Waals surface area contributed by atoms with Gasteiger partial charge in [0.2, 0.25) is 0 Å². The van der Waals surface area contributed by atoms with Crippen molar-refractivity contribution < 1.29 is 0 Å². The minimum Gasteiger partial charge on any atom is -0.112 e. The molecular weight excluding hydrogens is 384 g/mol. The second-order valence-corrected chi connectivity index (χ2v) is 10.9. The Hall–Kier alpha value is -3.30. The van der Waals surface area contributed by atoms with E-state index >= 15 is 0 Å². The van der Waals surface area contributed by atoms with Crippen molar-refractivity contribution in [2.75, 3.05) is 0 Å². The Morgan fingerprint density at radius 2 is 0.938 bits per heavy atom. The molecule has 0 saturated heterocycles. The van der Waals surface area contributed by atoms with Crippen LogP contribution in [-0.4, -0.2) is 0 Å². The maximum absolute atomic E-state index is 3.49. The van der Waals surface area contributed by atoms with E-state index in [0.29, 0.717) is 0 Å². The van der Waals surface area contributed by atoms with Crippen LogP contribution in [0.3, 0.4) is 0 Å². The van der Waals surface area contributed by atoms with Gasteiger partial charge in [0.15, 0.2) is 0 Å². The average Bonchev–Trinajstić information content (AvgIpc) is 3.44. The molecule has 0 unspecified atom stereocenters. The minimum atomic E-state index is 0.0822. The fraction of sp³-hybridized carbons (Fsp3) is 0.250. The molecule has 0 fully saturated rings. The normalized spacial score (nSPS) is 15.3. The molecule has 0 saturated carbocycles. The van der Waals surface area contributed by atoms with Crippen LogP contribution in [0.5, 0.6) is 0 Å². The summed E-state index contributed by atoms with van der Waals surface area (Å²) in [6.45, 7) is 13.7. The van der Waals surface area contributed by atoms with Gasteiger partial charge < -0.3 is 0 Å². The lowest BCUT2D eigenvalue weighted by Crippen LogP contribution is -2.12. The molecular formula is C32H30. The van der Waals surface area contributed by atoms with E-state index in [0.717, 1.165) is 11.1 Å². The predicted octanol–water partition coefficient (Wildman–Crippen LogP) is 8.80. The van der Waals surface area contributed by atoms with Crippen molar-refractivity contribution in [1.29, 1.82) is 0 Å². The van der Waals surface area contributed by atoms with Crippen molar-refractivity contribution in [3.8, 4) is 0 Å². The summed E-state index contributed by atoms with van der Waals surface area (Å²) >= 11 is 0. The van der Waals surface area contributed by atoms with E-state index in [-0.39, 0.29) is 10.8 Å². The van der Waals surface area contributed by atoms with Crippen molar-refractivity contribution >= 4 is 32.7 Å². The first-order valence-corrected chi connectivity index (χ1v) is 11.5. The van der Waals surface area contributed by atoms with Gasteiger partial charge in [-0.25, -0.2) is 0 Å². The molecule has 0 bridgehead atoms. The fourth-order valence-corrected chi connectivity index (χ4v) is 4.71. The number of hydrogen-bond acceptors (Lipinski definition) is 0. The molecule has 0 heteroatoms. The van der Waals surface area contributed by atoms with Gasteiger partial charge in [-0.1, -0.05) is 78.0 Å². The summed E-state index contributed by atoms with van der Waals surface area (Å²) in [6, 6.07) is 14.0. The van der Waals surface area contributed by atoms with Gasteiger partial charge >= 0.3 is 0 Å². The molecule has 0 amide bonds. The SMILES string of the molecule is CC(C)(C)c1ccc2c(C3=C=CC=C3)c3cc(C(C)(C)C)ccc3c(C3=C=CC=C3)c2c1. The van der Waals surface area contributed by atoms with Crippen molar-refractivity contribution in [2.24, 2.45) is 0 Å². The summed E-state index contributed by atoms with van der Waals surface area (Å²) in [4.78, 5) is 0. The highest BCUT2D eigenvalue weighted by atomic mass is 14.3. The Labute approximate surface area is 191 Å². The summed E-state index contributed by atoms with van der Waals surface area (Å²) < 4.78 is 0. The first-order valence-electron chi connectivity index (χ1n) is 11.5. The van der Waals surface area contributed by atoms with Gasteiger partial charge in [0.05, 0.1) is 0 Å². The molecule has 158 valence electrons. The molecule has 3 aromatic rings. The molecule has 2 aliphatic carbocycles. The average molecular weight is 415 g/mol. The highest BCUT2D eigenvalue weighted by Crippen LogP contribution is 2.43. The van der Waals surface area contributed by atoms with Crippen LogP contribution >= 0.6 is 0 Å². The lowest BCUT2D eigenvalue weighted by Gasteiger charge is -2.24. The maximum atomic E-state index is 3.49. The Balaban J connectivity index is 2.02. The molecule has 0 heterocycles. The van der Waals surface area contributed by atoms with Crippen LogP contribution in [0.4, 0.5) is 0 Å². The Bertz CT molecular complexity index is 1360. The topological polar surface area (TPSA) is 0 Å². The van der Waals surface area contributed by atoms with E-state index in [2.05, 4.69) is 114 Å². The molecule has 5 rings (SSSR count). The van der Waals surface area contributed by atoms with Gasteiger partial charge in [0.1, 0.15) is 0 Å². The first-order chi connectivity index (χ1) is 15.1. The Morgan fingerprint density at radius 1 is 0.531 bits per heavy atom. The van der Waals surface area contributed by atoms with Crippen molar-refractivity contribution in [1.82, 2.24) is 0 Å². The summed E-state index contributed by atoms with van der Waals surface area (Å²) in [5, 5.41) is 5.15. The lowest BCUT2D eigenvalue weighted by molar-refractivity contribution is 0.590. The maximum Gasteiger partial charge on any atom is 0.0249 e. The lowest BCUT2D eigenvalue weighted by atomic mass is 9.79. The molecule has 0 aliphatic heterocycles. The number of benzene rings is 3. The standard InChI is InChI=1S/C32H30/c1-31(2,3)23-15-17-25-27(19-23)29(21-11-7-8-12-21)26-18-16-24(32(4,5)6)20-28(26)30(25)22-13-9-10-14-22/h7-11,13,15-20H,1-6H3. The highest BCUT2D eigenvalue weighted by molar-refractivity contribution is 6.18. The molecule has 0 nitrogen and oxygen atoms in total. The Morgan fingerprint density at radius 3 is 1.25 bits per heavy atom. The van der Waals surface area contributed by atoms with E-state index in [1.165, 1.54) is 43.8 Å². The monoisotopic (exact) mass is 414 g/mol. The van der Waals surface area contributed by atoms with Gasteiger partial charge in [-0.3, -0.25) is 0 Å². The summed E-state index contributed by atoms with van der Waals surface area (Å²) in [5.41, 5.74) is 14.7. The third-order valence-electron chi connectivity index (χ3n) is 6.58. The second-order valence-electron chi connectivity index (χ2n) is 10.9. The minimum absolute atomic E-state index is 0.0822. The molecule has 0 spiro atoms. The largest absolute Gasteiger partial charge is 0.112 e. The number of hydrogen-bond donors (Lipinski definition) is 0. The zero-order chi connectivity index (χ0) is 22.7. The van der Waals surface area contributed by atoms with Gasteiger partial charge in [-0.15, -0.1) is 11.5 Å². The third-order valence-corrected chi connectivity index (χ3v) is 6.58. The van der Waals surface area contributed by atoms with Crippen LogP contribution in [-0.2, 0) is 10.8 Å². The molecule has 2 aliphatic rings. The fourth-order valence-electron chi connectivity index (χ4n) is 4.71. The van der Waals surface area contributed by atoms with E-state index in [9.17, 15) is 0 Å². The molecule has 0 N–H and O–H groups in total. The summed E-state index contributed by atoms with van der Waals surface area (Å²) in [7, 11) is 0. The summed E-state index contributed by atoms with van der Waals surface area (Å²) in [5.74, 6) is 0. The van der Waals surface area contributed by atoms with Crippen molar-refractivity contribution in [3.05, 3.63) is 107 Å². The van der Waals surface area contributed by atoms with E-state index in [4.69, 9.17) is 0 Å². The smallest absolute Gasteiger partial charge is 0.0249 e. The van der Waals surface area contributed by atoms with Crippen LogP contribution in [0, 0.1) is 0 Å². The molecule has 0 radical (unpaired) electrons. The highest BCUT2D eigenvalue weighted by Gasteiger charge is 2.23. The molecule has 0 atom stereocenters. The number of rotatable bonds is 2. The van der Waals surface area contributed by atoms with Crippen LogP contribution < -0.4 is 0 Å². The van der Waals surface area contributed by atoms with Crippen LogP contribution in [0.15, 0.2) is 84.3 Å². The van der Waals surface area contributed by atoms with Crippen molar-refractivity contribution in [3.63, 3.8) is 0 Å². The zero-order valence-electron chi connectivity index (χ0n) is 19.9. The van der Waals surface area contributed by atoms with E-state index < -0.39 is 0 Å². The number of fused-ring (bicyclic) bond motifs is 2. The molecule has 3 aromatic carbocycles. The zero-order valence-corrected chi connectivity index (χ0v) is 19.9. The second kappa shape index (κ2) is 7.11. The van der Waals surface area contributed by atoms with Gasteiger partial charge in [-0.05, 0) is 79.9 Å². The van der Waals surface area contributed by atoms with Gasteiger partial charge in [-0.2, -0.15) is 0 Å². The van der Waals surface area contributed by atoms with Crippen LogP contribution in [0.2, 0.25) is 0 Å². The third kappa shape index (κ3) is 3.34. The first kappa shape index (κ1) is 20.6. The molecule has 0 aromatic heterocycles. The predicted molar refractivity (Wildman–Crippen MR) is 140 cm³/mol. The van der Waals surface area contributed by atoms with Gasteiger partial charge in [0.25, 0.3) is 0 Å². The molecule has 32 heavy (non-hydrogen) atoms. The van der Waals surface area contributed by atoms with E-state index in [1.54, 1.807) is 0 Å². The summed E-state index contributed by atoms with van der Waals surface area (Å²) in [6.07, 6.45) is 12.6. The quantitative estimate of drug-likeness (QED) is 0.290. The van der Waals surface area contributed by atoms with Crippen LogP contribution in [0.25, 0.3) is 32.7 Å². The van der Waals surface area contributed by atoms with Crippen molar-refractivity contribution in [2.45, 2.75) is 52.4 Å². The Kier molecular flexibility index (Phi) is 4.58.